The number of aromatic nitrogens is 4. The summed E-state index contributed by atoms with van der Waals surface area (Å²) < 4.78 is 2.17. The maximum absolute atomic E-state index is 4.60. The summed E-state index contributed by atoms with van der Waals surface area (Å²) in [6.45, 7) is 0.875. The lowest BCUT2D eigenvalue weighted by molar-refractivity contribution is 0.695. The number of benzene rings is 2. The van der Waals surface area contributed by atoms with Crippen molar-refractivity contribution in [1.29, 1.82) is 0 Å². The molecule has 2 heterocycles. The Labute approximate surface area is 116 Å². The molecule has 0 bridgehead atoms. The van der Waals surface area contributed by atoms with Gasteiger partial charge in [0.1, 0.15) is 5.82 Å². The first-order chi connectivity index (χ1) is 9.90. The van der Waals surface area contributed by atoms with E-state index in [0.717, 1.165) is 35.3 Å². The van der Waals surface area contributed by atoms with E-state index in [4.69, 9.17) is 0 Å². The van der Waals surface area contributed by atoms with Gasteiger partial charge in [0.15, 0.2) is 0 Å². The number of aryl methyl sites for hydroxylation is 2. The van der Waals surface area contributed by atoms with E-state index in [0.29, 0.717) is 0 Å². The first-order valence-corrected chi connectivity index (χ1v) is 6.74. The Kier molecular flexibility index (Phi) is 2.52. The molecule has 2 aromatic carbocycles. The molecule has 0 atom stereocenters. The molecule has 2 aromatic heterocycles. The number of nitrogens with zero attached hydrogens (tertiary/aromatic N) is 3. The molecule has 0 saturated carbocycles. The summed E-state index contributed by atoms with van der Waals surface area (Å²) in [5.74, 6) is 1.02. The quantitative estimate of drug-likeness (QED) is 0.616. The van der Waals surface area contributed by atoms with Crippen molar-refractivity contribution in [1.82, 2.24) is 19.5 Å². The van der Waals surface area contributed by atoms with E-state index in [1.165, 1.54) is 5.52 Å². The van der Waals surface area contributed by atoms with Crippen LogP contribution in [0.5, 0.6) is 0 Å². The summed E-state index contributed by atoms with van der Waals surface area (Å²) in [7, 11) is 0. The molecule has 20 heavy (non-hydrogen) atoms. The third-order valence-electron chi connectivity index (χ3n) is 3.56. The normalized spacial score (nSPS) is 11.4. The van der Waals surface area contributed by atoms with Crippen LogP contribution in [0.15, 0.2) is 54.9 Å². The lowest BCUT2D eigenvalue weighted by Crippen LogP contribution is -2.01. The van der Waals surface area contributed by atoms with Gasteiger partial charge in [0.2, 0.25) is 0 Å². The van der Waals surface area contributed by atoms with Crippen LogP contribution in [0.3, 0.4) is 0 Å². The second-order valence-corrected chi connectivity index (χ2v) is 4.88. The second kappa shape index (κ2) is 4.49. The molecule has 0 fully saturated rings. The largest absolute Gasteiger partial charge is 0.342 e. The zero-order chi connectivity index (χ0) is 13.4. The van der Waals surface area contributed by atoms with Gasteiger partial charge in [0.25, 0.3) is 0 Å². The standard InChI is InChI=1S/C16H14N4/c1-2-6-13-12(5-1)18-16(19-13)9-10-20-11-17-14-7-3-4-8-15(14)20/h1-8,11H,9-10H2,(H,18,19). The minimum atomic E-state index is 0.870. The van der Waals surface area contributed by atoms with E-state index in [1.807, 2.05) is 42.7 Å². The molecular weight excluding hydrogens is 248 g/mol. The number of fused-ring (bicyclic) bond motifs is 2. The molecule has 1 N–H and O–H groups in total. The SMILES string of the molecule is c1ccc2[nH]c(CCn3cnc4ccccc43)nc2c1. The second-order valence-electron chi connectivity index (χ2n) is 4.88. The predicted molar refractivity (Wildman–Crippen MR) is 79.5 cm³/mol. The highest BCUT2D eigenvalue weighted by Gasteiger charge is 2.04. The van der Waals surface area contributed by atoms with E-state index < -0.39 is 0 Å². The molecule has 0 saturated heterocycles. The molecule has 4 aromatic rings. The van der Waals surface area contributed by atoms with Crippen LogP contribution >= 0.6 is 0 Å². The van der Waals surface area contributed by atoms with Crippen molar-refractivity contribution in [2.45, 2.75) is 13.0 Å². The Bertz CT molecular complexity index is 839. The fourth-order valence-corrected chi connectivity index (χ4v) is 2.54. The van der Waals surface area contributed by atoms with Crippen molar-refractivity contribution in [3.63, 3.8) is 0 Å². The van der Waals surface area contributed by atoms with Crippen LogP contribution in [0, 0.1) is 0 Å². The van der Waals surface area contributed by atoms with Gasteiger partial charge in [0.05, 0.1) is 28.4 Å². The molecule has 0 aliphatic rings. The highest BCUT2D eigenvalue weighted by molar-refractivity contribution is 5.75. The fourth-order valence-electron chi connectivity index (χ4n) is 2.54. The predicted octanol–water partition coefficient (Wildman–Crippen LogP) is 3.16. The van der Waals surface area contributed by atoms with Gasteiger partial charge >= 0.3 is 0 Å². The Morgan fingerprint density at radius 3 is 2.65 bits per heavy atom. The van der Waals surface area contributed by atoms with Crippen LogP contribution in [0.25, 0.3) is 22.1 Å². The number of aromatic amines is 1. The third-order valence-corrected chi connectivity index (χ3v) is 3.56. The van der Waals surface area contributed by atoms with Crippen LogP contribution in [-0.2, 0) is 13.0 Å². The summed E-state index contributed by atoms with van der Waals surface area (Å²) >= 11 is 0. The molecule has 4 rings (SSSR count). The molecule has 0 amide bonds. The van der Waals surface area contributed by atoms with Crippen molar-refractivity contribution in [3.05, 3.63) is 60.7 Å². The number of nitrogens with one attached hydrogen (secondary N) is 1. The highest BCUT2D eigenvalue weighted by Crippen LogP contribution is 2.14. The number of hydrogen-bond donors (Lipinski definition) is 1. The molecule has 4 nitrogen and oxygen atoms in total. The Morgan fingerprint density at radius 1 is 0.950 bits per heavy atom. The van der Waals surface area contributed by atoms with E-state index in [2.05, 4.69) is 31.7 Å². The van der Waals surface area contributed by atoms with Gasteiger partial charge in [-0.2, -0.15) is 0 Å². The average Bonchev–Trinajstić information content (AvgIpc) is 3.08. The molecule has 0 spiro atoms. The van der Waals surface area contributed by atoms with E-state index >= 15 is 0 Å². The molecule has 4 heteroatoms. The molecular formula is C16H14N4. The Balaban J connectivity index is 1.60. The van der Waals surface area contributed by atoms with Gasteiger partial charge in [0, 0.05) is 13.0 Å². The molecule has 98 valence electrons. The molecule has 0 aliphatic carbocycles. The zero-order valence-corrected chi connectivity index (χ0v) is 11.0. The van der Waals surface area contributed by atoms with Crippen LogP contribution < -0.4 is 0 Å². The molecule has 0 aliphatic heterocycles. The summed E-state index contributed by atoms with van der Waals surface area (Å²) in [6.07, 6.45) is 2.77. The van der Waals surface area contributed by atoms with Crippen molar-refractivity contribution in [2.75, 3.05) is 0 Å². The van der Waals surface area contributed by atoms with Crippen molar-refractivity contribution in [3.8, 4) is 0 Å². The van der Waals surface area contributed by atoms with Crippen LogP contribution in [0.1, 0.15) is 5.82 Å². The number of imidazole rings is 2. The smallest absolute Gasteiger partial charge is 0.109 e. The van der Waals surface area contributed by atoms with Crippen molar-refractivity contribution in [2.24, 2.45) is 0 Å². The first-order valence-electron chi connectivity index (χ1n) is 6.74. The lowest BCUT2D eigenvalue weighted by atomic mass is 10.3. The Morgan fingerprint density at radius 2 is 1.75 bits per heavy atom. The van der Waals surface area contributed by atoms with Crippen LogP contribution in [-0.4, -0.2) is 19.5 Å². The topological polar surface area (TPSA) is 46.5 Å². The molecule has 0 radical (unpaired) electrons. The minimum Gasteiger partial charge on any atom is -0.342 e. The first kappa shape index (κ1) is 11.2. The van der Waals surface area contributed by atoms with E-state index in [-0.39, 0.29) is 0 Å². The van der Waals surface area contributed by atoms with Gasteiger partial charge in [-0.1, -0.05) is 24.3 Å². The summed E-state index contributed by atoms with van der Waals surface area (Å²) in [5.41, 5.74) is 4.33. The van der Waals surface area contributed by atoms with Gasteiger partial charge in [-0.25, -0.2) is 9.97 Å². The van der Waals surface area contributed by atoms with Crippen LogP contribution in [0.4, 0.5) is 0 Å². The minimum absolute atomic E-state index is 0.870. The Hall–Kier alpha value is -2.62. The summed E-state index contributed by atoms with van der Waals surface area (Å²) in [5, 5.41) is 0. The van der Waals surface area contributed by atoms with Gasteiger partial charge in [-0.15, -0.1) is 0 Å². The summed E-state index contributed by atoms with van der Waals surface area (Å²) in [6, 6.07) is 16.3. The maximum Gasteiger partial charge on any atom is 0.109 e. The van der Waals surface area contributed by atoms with Crippen LogP contribution in [0.2, 0.25) is 0 Å². The zero-order valence-electron chi connectivity index (χ0n) is 11.0. The van der Waals surface area contributed by atoms with Gasteiger partial charge in [-0.3, -0.25) is 0 Å². The maximum atomic E-state index is 4.60. The van der Waals surface area contributed by atoms with Gasteiger partial charge in [-0.05, 0) is 24.3 Å². The number of hydrogen-bond acceptors (Lipinski definition) is 2. The monoisotopic (exact) mass is 262 g/mol. The van der Waals surface area contributed by atoms with Gasteiger partial charge < -0.3 is 9.55 Å². The average molecular weight is 262 g/mol. The lowest BCUT2D eigenvalue weighted by Gasteiger charge is -2.01. The number of para-hydroxylation sites is 4. The summed E-state index contributed by atoms with van der Waals surface area (Å²) in [4.78, 5) is 12.4. The highest BCUT2D eigenvalue weighted by atomic mass is 15.0. The van der Waals surface area contributed by atoms with Crippen molar-refractivity contribution >= 4 is 22.1 Å². The number of H-pyrrole nitrogens is 1. The third kappa shape index (κ3) is 1.86. The van der Waals surface area contributed by atoms with Crippen molar-refractivity contribution < 1.29 is 0 Å². The molecule has 0 unspecified atom stereocenters. The van der Waals surface area contributed by atoms with E-state index in [1.54, 1.807) is 0 Å². The van der Waals surface area contributed by atoms with E-state index in [9.17, 15) is 0 Å². The number of rotatable bonds is 3. The fraction of sp³-hybridized carbons (Fsp3) is 0.125.